The second-order valence-corrected chi connectivity index (χ2v) is 9.13. The van der Waals surface area contributed by atoms with Gasteiger partial charge in [0.2, 0.25) is 10.0 Å². The molecular weight excluding hydrogens is 468 g/mol. The Morgan fingerprint density at radius 2 is 1.91 bits per heavy atom. The second kappa shape index (κ2) is 10.3. The van der Waals surface area contributed by atoms with Gasteiger partial charge in [0.05, 0.1) is 24.2 Å². The molecule has 0 aliphatic carbocycles. The molecule has 0 saturated carbocycles. The van der Waals surface area contributed by atoms with E-state index >= 15 is 0 Å². The number of imidazole rings is 1. The van der Waals surface area contributed by atoms with Gasteiger partial charge in [0.25, 0.3) is 5.91 Å². The van der Waals surface area contributed by atoms with Crippen molar-refractivity contribution in [3.05, 3.63) is 84.3 Å². The van der Waals surface area contributed by atoms with Gasteiger partial charge in [0, 0.05) is 29.7 Å². The second-order valence-electron chi connectivity index (χ2n) is 7.36. The lowest BCUT2D eigenvalue weighted by Crippen LogP contribution is -2.24. The molecule has 0 radical (unpaired) electrons. The minimum atomic E-state index is -3.74. The molecule has 0 aliphatic rings. The number of rotatable bonds is 9. The number of methoxy groups -OCH3 is 1. The van der Waals surface area contributed by atoms with Gasteiger partial charge in [-0.1, -0.05) is 12.0 Å². The summed E-state index contributed by atoms with van der Waals surface area (Å²) < 4.78 is 39.7. The first-order valence-electron chi connectivity index (χ1n) is 10.5. The molecule has 0 unspecified atom stereocenters. The van der Waals surface area contributed by atoms with E-state index in [0.717, 1.165) is 11.3 Å². The number of fused-ring (bicyclic) bond motifs is 1. The van der Waals surface area contributed by atoms with E-state index in [-0.39, 0.29) is 23.6 Å². The van der Waals surface area contributed by atoms with Gasteiger partial charge >= 0.3 is 0 Å². The summed E-state index contributed by atoms with van der Waals surface area (Å²) in [7, 11) is -2.21. The van der Waals surface area contributed by atoms with Crippen molar-refractivity contribution in [2.24, 2.45) is 0 Å². The standard InChI is InChI=1S/C25H22N4O5S/c1-3-13-26-35(31,32)21-10-7-18(8-11-21)25(30)28-19-9-12-22(33-2)23(15-19)34-17-20-16-29-14-5-4-6-24(29)27-20/h1,4-12,14-16,26H,13,17H2,2H3,(H,28,30). The van der Waals surface area contributed by atoms with Gasteiger partial charge < -0.3 is 19.2 Å². The summed E-state index contributed by atoms with van der Waals surface area (Å²) in [6, 6.07) is 16.2. The maximum Gasteiger partial charge on any atom is 0.255 e. The number of hydrogen-bond donors (Lipinski definition) is 2. The molecule has 4 rings (SSSR count). The summed E-state index contributed by atoms with van der Waals surface area (Å²) in [5, 5.41) is 2.78. The highest BCUT2D eigenvalue weighted by Crippen LogP contribution is 2.31. The van der Waals surface area contributed by atoms with Crippen LogP contribution < -0.4 is 19.5 Å². The summed E-state index contributed by atoms with van der Waals surface area (Å²) in [6.45, 7) is 0.0860. The Bertz CT molecular complexity index is 1470. The molecule has 2 aromatic heterocycles. The number of terminal acetylenes is 1. The summed E-state index contributed by atoms with van der Waals surface area (Å²) in [4.78, 5) is 17.2. The van der Waals surface area contributed by atoms with E-state index in [9.17, 15) is 13.2 Å². The summed E-state index contributed by atoms with van der Waals surface area (Å²) in [5.74, 6) is 2.73. The Hall–Kier alpha value is -4.33. The number of anilines is 1. The maximum absolute atomic E-state index is 12.7. The number of aromatic nitrogens is 2. The number of carbonyl (C=O) groups excluding carboxylic acids is 1. The van der Waals surface area contributed by atoms with E-state index < -0.39 is 15.9 Å². The molecule has 9 nitrogen and oxygen atoms in total. The first kappa shape index (κ1) is 23.8. The molecule has 1 amide bonds. The summed E-state index contributed by atoms with van der Waals surface area (Å²) in [5.41, 5.74) is 2.31. The lowest BCUT2D eigenvalue weighted by atomic mass is 10.2. The van der Waals surface area contributed by atoms with Crippen molar-refractivity contribution in [1.29, 1.82) is 0 Å². The average molecular weight is 491 g/mol. The zero-order valence-electron chi connectivity index (χ0n) is 18.8. The van der Waals surface area contributed by atoms with Crippen molar-refractivity contribution < 1.29 is 22.7 Å². The molecule has 2 heterocycles. The Morgan fingerprint density at radius 3 is 2.63 bits per heavy atom. The van der Waals surface area contributed by atoms with E-state index in [2.05, 4.69) is 20.9 Å². The molecule has 178 valence electrons. The minimum Gasteiger partial charge on any atom is -0.493 e. The smallest absolute Gasteiger partial charge is 0.255 e. The number of nitrogens with zero attached hydrogens (tertiary/aromatic N) is 2. The molecule has 0 saturated heterocycles. The molecule has 0 atom stereocenters. The predicted octanol–water partition coefficient (Wildman–Crippen LogP) is 3.09. The van der Waals surface area contributed by atoms with Crippen molar-refractivity contribution in [3.8, 4) is 23.8 Å². The number of hydrogen-bond acceptors (Lipinski definition) is 6. The van der Waals surface area contributed by atoms with E-state index in [1.807, 2.05) is 35.0 Å². The van der Waals surface area contributed by atoms with Crippen LogP contribution in [0.4, 0.5) is 5.69 Å². The van der Waals surface area contributed by atoms with E-state index in [1.54, 1.807) is 18.2 Å². The lowest BCUT2D eigenvalue weighted by molar-refractivity contribution is 0.102. The van der Waals surface area contributed by atoms with Gasteiger partial charge in [0.15, 0.2) is 11.5 Å². The third-order valence-corrected chi connectivity index (χ3v) is 6.42. The van der Waals surface area contributed by atoms with Crippen LogP contribution in [0.25, 0.3) is 5.65 Å². The molecule has 2 aromatic carbocycles. The molecule has 0 fully saturated rings. The highest BCUT2D eigenvalue weighted by Gasteiger charge is 2.15. The van der Waals surface area contributed by atoms with Crippen LogP contribution in [0, 0.1) is 12.3 Å². The van der Waals surface area contributed by atoms with Crippen LogP contribution in [0.2, 0.25) is 0 Å². The molecule has 10 heteroatoms. The number of amides is 1. The first-order chi connectivity index (χ1) is 16.9. The number of carbonyl (C=O) groups is 1. The zero-order valence-corrected chi connectivity index (χ0v) is 19.6. The van der Waals surface area contributed by atoms with Gasteiger partial charge in [-0.2, -0.15) is 4.72 Å². The Kier molecular flexibility index (Phi) is 7.01. The number of ether oxygens (including phenoxy) is 2. The highest BCUT2D eigenvalue weighted by atomic mass is 32.2. The molecule has 35 heavy (non-hydrogen) atoms. The fourth-order valence-electron chi connectivity index (χ4n) is 3.28. The predicted molar refractivity (Wildman–Crippen MR) is 131 cm³/mol. The zero-order chi connectivity index (χ0) is 24.8. The van der Waals surface area contributed by atoms with Crippen LogP contribution in [0.15, 0.2) is 78.0 Å². The van der Waals surface area contributed by atoms with Crippen LogP contribution in [-0.2, 0) is 16.6 Å². The number of sulfonamides is 1. The van der Waals surface area contributed by atoms with Crippen LogP contribution in [-0.4, -0.2) is 37.4 Å². The van der Waals surface area contributed by atoms with Gasteiger partial charge in [-0.3, -0.25) is 4.79 Å². The van der Waals surface area contributed by atoms with E-state index in [4.69, 9.17) is 15.9 Å². The highest BCUT2D eigenvalue weighted by molar-refractivity contribution is 7.89. The largest absolute Gasteiger partial charge is 0.493 e. The van der Waals surface area contributed by atoms with Crippen molar-refractivity contribution in [1.82, 2.24) is 14.1 Å². The maximum atomic E-state index is 12.7. The van der Waals surface area contributed by atoms with Gasteiger partial charge in [0.1, 0.15) is 12.3 Å². The van der Waals surface area contributed by atoms with Crippen molar-refractivity contribution in [2.45, 2.75) is 11.5 Å². The number of pyridine rings is 1. The Morgan fingerprint density at radius 1 is 1.11 bits per heavy atom. The fraction of sp³-hybridized carbons (Fsp3) is 0.120. The molecule has 0 spiro atoms. The minimum absolute atomic E-state index is 0.0105. The van der Waals surface area contributed by atoms with Crippen molar-refractivity contribution in [3.63, 3.8) is 0 Å². The average Bonchev–Trinajstić information content (AvgIpc) is 3.29. The monoisotopic (exact) mass is 490 g/mol. The third kappa shape index (κ3) is 5.60. The van der Waals surface area contributed by atoms with Crippen LogP contribution in [0.5, 0.6) is 11.5 Å². The Balaban J connectivity index is 1.46. The topological polar surface area (TPSA) is 111 Å². The van der Waals surface area contributed by atoms with Crippen molar-refractivity contribution in [2.75, 3.05) is 19.0 Å². The van der Waals surface area contributed by atoms with Gasteiger partial charge in [-0.25, -0.2) is 13.4 Å². The lowest BCUT2D eigenvalue weighted by Gasteiger charge is -2.12. The molecular formula is C25H22N4O5S. The van der Waals surface area contributed by atoms with Crippen LogP contribution in [0.3, 0.4) is 0 Å². The molecule has 4 aromatic rings. The molecule has 0 bridgehead atoms. The van der Waals surface area contributed by atoms with E-state index in [0.29, 0.717) is 17.2 Å². The van der Waals surface area contributed by atoms with Crippen molar-refractivity contribution >= 4 is 27.3 Å². The summed E-state index contributed by atoms with van der Waals surface area (Å²) in [6.07, 6.45) is 8.87. The number of nitrogens with one attached hydrogen (secondary N) is 2. The Labute approximate surface area is 202 Å². The summed E-state index contributed by atoms with van der Waals surface area (Å²) >= 11 is 0. The quantitative estimate of drug-likeness (QED) is 0.349. The van der Waals surface area contributed by atoms with E-state index in [1.165, 1.54) is 31.4 Å². The molecule has 2 N–H and O–H groups in total. The fourth-order valence-corrected chi connectivity index (χ4v) is 4.22. The van der Waals surface area contributed by atoms with Crippen LogP contribution in [0.1, 0.15) is 16.1 Å². The van der Waals surface area contributed by atoms with Gasteiger partial charge in [-0.05, 0) is 48.5 Å². The molecule has 0 aliphatic heterocycles. The normalized spacial score (nSPS) is 11.1. The van der Waals surface area contributed by atoms with Gasteiger partial charge in [-0.15, -0.1) is 6.42 Å². The number of benzene rings is 2. The van der Waals surface area contributed by atoms with Crippen LogP contribution >= 0.6 is 0 Å². The first-order valence-corrected chi connectivity index (χ1v) is 12.0. The third-order valence-electron chi connectivity index (χ3n) is 5.00. The SMILES string of the molecule is C#CCNS(=O)(=O)c1ccc(C(=O)Nc2ccc(OC)c(OCc3cn4ccccc4n3)c2)cc1.